The summed E-state index contributed by atoms with van der Waals surface area (Å²) in [6.45, 7) is 0. The van der Waals surface area contributed by atoms with Crippen molar-refractivity contribution >= 4 is 34.8 Å². The van der Waals surface area contributed by atoms with Gasteiger partial charge in [-0.2, -0.15) is 0 Å². The van der Waals surface area contributed by atoms with Crippen molar-refractivity contribution in [1.82, 2.24) is 15.0 Å². The Hall–Kier alpha value is -0.900. The van der Waals surface area contributed by atoms with Crippen LogP contribution in [0.3, 0.4) is 0 Å². The minimum atomic E-state index is 0.276. The molecule has 0 unspecified atom stereocenters. The standard InChI is InChI=1S/C9H4Cl3N3/c10-6-4-13-2-1-5(6)9-14-7(11)3-8(12)15-9/h1-4H. The van der Waals surface area contributed by atoms with Crippen molar-refractivity contribution < 1.29 is 0 Å². The van der Waals surface area contributed by atoms with Crippen molar-refractivity contribution in [1.29, 1.82) is 0 Å². The Morgan fingerprint density at radius 3 is 2.27 bits per heavy atom. The molecule has 15 heavy (non-hydrogen) atoms. The molecule has 0 saturated heterocycles. The Kier molecular flexibility index (Phi) is 3.05. The zero-order chi connectivity index (χ0) is 10.8. The highest BCUT2D eigenvalue weighted by Crippen LogP contribution is 2.25. The molecule has 0 aliphatic heterocycles. The molecule has 76 valence electrons. The Labute approximate surface area is 101 Å². The highest BCUT2D eigenvalue weighted by molar-refractivity contribution is 6.34. The largest absolute Gasteiger partial charge is 0.263 e. The van der Waals surface area contributed by atoms with E-state index in [9.17, 15) is 0 Å². The van der Waals surface area contributed by atoms with Gasteiger partial charge in [-0.3, -0.25) is 4.98 Å². The molecular weight excluding hydrogens is 256 g/mol. The Bertz CT molecular complexity index is 481. The summed E-state index contributed by atoms with van der Waals surface area (Å²) in [4.78, 5) is 11.9. The van der Waals surface area contributed by atoms with Crippen LogP contribution < -0.4 is 0 Å². The fourth-order valence-electron chi connectivity index (χ4n) is 1.07. The molecule has 0 spiro atoms. The van der Waals surface area contributed by atoms with Gasteiger partial charge in [0.05, 0.1) is 5.02 Å². The van der Waals surface area contributed by atoms with Gasteiger partial charge in [-0.1, -0.05) is 34.8 Å². The predicted octanol–water partition coefficient (Wildman–Crippen LogP) is 3.50. The van der Waals surface area contributed by atoms with Crippen LogP contribution in [0.5, 0.6) is 0 Å². The van der Waals surface area contributed by atoms with E-state index in [4.69, 9.17) is 34.8 Å². The minimum absolute atomic E-state index is 0.276. The van der Waals surface area contributed by atoms with Gasteiger partial charge >= 0.3 is 0 Å². The summed E-state index contributed by atoms with van der Waals surface area (Å²) >= 11 is 17.5. The molecule has 0 aliphatic rings. The first-order valence-electron chi connectivity index (χ1n) is 3.97. The summed E-state index contributed by atoms with van der Waals surface area (Å²) in [5, 5.41) is 1.01. The summed E-state index contributed by atoms with van der Waals surface area (Å²) in [5.41, 5.74) is 0.649. The van der Waals surface area contributed by atoms with Gasteiger partial charge in [-0.05, 0) is 6.07 Å². The Morgan fingerprint density at radius 2 is 1.67 bits per heavy atom. The molecule has 0 N–H and O–H groups in total. The zero-order valence-corrected chi connectivity index (χ0v) is 9.55. The lowest BCUT2D eigenvalue weighted by Gasteiger charge is -2.02. The summed E-state index contributed by atoms with van der Waals surface area (Å²) in [5.74, 6) is 0.389. The Morgan fingerprint density at radius 1 is 1.00 bits per heavy atom. The van der Waals surface area contributed by atoms with Crippen molar-refractivity contribution in [3.63, 3.8) is 0 Å². The number of hydrogen-bond acceptors (Lipinski definition) is 3. The lowest BCUT2D eigenvalue weighted by molar-refractivity contribution is 1.17. The second kappa shape index (κ2) is 4.31. The monoisotopic (exact) mass is 259 g/mol. The molecule has 0 fully saturated rings. The van der Waals surface area contributed by atoms with Crippen LogP contribution in [0.2, 0.25) is 15.3 Å². The van der Waals surface area contributed by atoms with Crippen LogP contribution >= 0.6 is 34.8 Å². The van der Waals surface area contributed by atoms with Crippen LogP contribution in [-0.4, -0.2) is 15.0 Å². The van der Waals surface area contributed by atoms with E-state index < -0.39 is 0 Å². The lowest BCUT2D eigenvalue weighted by Crippen LogP contribution is -1.91. The summed E-state index contributed by atoms with van der Waals surface area (Å²) in [7, 11) is 0. The van der Waals surface area contributed by atoms with Gasteiger partial charge in [0.1, 0.15) is 10.3 Å². The molecule has 0 amide bonds. The molecular formula is C9H4Cl3N3. The number of pyridine rings is 1. The van der Waals surface area contributed by atoms with Crippen LogP contribution in [0.15, 0.2) is 24.5 Å². The van der Waals surface area contributed by atoms with Crippen molar-refractivity contribution in [3.05, 3.63) is 39.9 Å². The van der Waals surface area contributed by atoms with E-state index in [-0.39, 0.29) is 10.3 Å². The highest BCUT2D eigenvalue weighted by Gasteiger charge is 2.08. The van der Waals surface area contributed by atoms with E-state index >= 15 is 0 Å². The average Bonchev–Trinajstić information content (AvgIpc) is 2.16. The quantitative estimate of drug-likeness (QED) is 0.737. The van der Waals surface area contributed by atoms with Crippen molar-refractivity contribution in [2.75, 3.05) is 0 Å². The van der Waals surface area contributed by atoms with Gasteiger partial charge in [-0.25, -0.2) is 9.97 Å². The molecule has 2 rings (SSSR count). The summed E-state index contributed by atoms with van der Waals surface area (Å²) in [6, 6.07) is 3.16. The first kappa shape index (κ1) is 10.6. The summed E-state index contributed by atoms with van der Waals surface area (Å²) < 4.78 is 0. The van der Waals surface area contributed by atoms with Gasteiger partial charge in [0, 0.05) is 24.0 Å². The van der Waals surface area contributed by atoms with E-state index in [1.165, 1.54) is 12.3 Å². The van der Waals surface area contributed by atoms with Crippen LogP contribution in [0.1, 0.15) is 0 Å². The van der Waals surface area contributed by atoms with Crippen LogP contribution in [0, 0.1) is 0 Å². The molecule has 2 heterocycles. The second-order valence-electron chi connectivity index (χ2n) is 2.69. The van der Waals surface area contributed by atoms with Gasteiger partial charge in [0.2, 0.25) is 0 Å². The number of halogens is 3. The maximum atomic E-state index is 5.93. The molecule has 6 heteroatoms. The molecule has 2 aromatic rings. The molecule has 0 atom stereocenters. The number of nitrogens with zero attached hydrogens (tertiary/aromatic N) is 3. The molecule has 3 nitrogen and oxygen atoms in total. The SMILES string of the molecule is Clc1cc(Cl)nc(-c2ccncc2Cl)n1. The zero-order valence-electron chi connectivity index (χ0n) is 7.28. The molecule has 0 radical (unpaired) electrons. The fourth-order valence-corrected chi connectivity index (χ4v) is 1.69. The third kappa shape index (κ3) is 2.37. The van der Waals surface area contributed by atoms with E-state index in [0.717, 1.165) is 0 Å². The lowest BCUT2D eigenvalue weighted by atomic mass is 10.2. The van der Waals surface area contributed by atoms with Gasteiger partial charge in [0.25, 0.3) is 0 Å². The molecule has 0 bridgehead atoms. The van der Waals surface area contributed by atoms with E-state index in [1.54, 1.807) is 12.3 Å². The predicted molar refractivity (Wildman–Crippen MR) is 60.3 cm³/mol. The molecule has 0 aromatic carbocycles. The van der Waals surface area contributed by atoms with Crippen molar-refractivity contribution in [2.24, 2.45) is 0 Å². The maximum absolute atomic E-state index is 5.93. The first-order chi connectivity index (χ1) is 7.16. The maximum Gasteiger partial charge on any atom is 0.164 e. The normalized spacial score (nSPS) is 10.3. The average molecular weight is 261 g/mol. The molecule has 0 saturated carbocycles. The highest BCUT2D eigenvalue weighted by atomic mass is 35.5. The van der Waals surface area contributed by atoms with Gasteiger partial charge in [0.15, 0.2) is 5.82 Å². The van der Waals surface area contributed by atoms with E-state index in [0.29, 0.717) is 16.4 Å². The number of aromatic nitrogens is 3. The first-order valence-corrected chi connectivity index (χ1v) is 5.10. The topological polar surface area (TPSA) is 38.7 Å². The van der Waals surface area contributed by atoms with Gasteiger partial charge in [-0.15, -0.1) is 0 Å². The van der Waals surface area contributed by atoms with Gasteiger partial charge < -0.3 is 0 Å². The molecule has 2 aromatic heterocycles. The number of hydrogen-bond donors (Lipinski definition) is 0. The van der Waals surface area contributed by atoms with Crippen molar-refractivity contribution in [2.45, 2.75) is 0 Å². The summed E-state index contributed by atoms with van der Waals surface area (Å²) in [6.07, 6.45) is 3.11. The third-order valence-corrected chi connectivity index (χ3v) is 2.37. The fraction of sp³-hybridized carbons (Fsp3) is 0. The molecule has 0 aliphatic carbocycles. The van der Waals surface area contributed by atoms with Crippen LogP contribution in [0.25, 0.3) is 11.4 Å². The third-order valence-electron chi connectivity index (χ3n) is 1.68. The second-order valence-corrected chi connectivity index (χ2v) is 3.87. The number of rotatable bonds is 1. The minimum Gasteiger partial charge on any atom is -0.263 e. The van der Waals surface area contributed by atoms with Crippen LogP contribution in [-0.2, 0) is 0 Å². The smallest absolute Gasteiger partial charge is 0.164 e. The van der Waals surface area contributed by atoms with Crippen molar-refractivity contribution in [3.8, 4) is 11.4 Å². The Balaban J connectivity index is 2.59. The van der Waals surface area contributed by atoms with Crippen LogP contribution in [0.4, 0.5) is 0 Å². The van der Waals surface area contributed by atoms with E-state index in [1.807, 2.05) is 0 Å². The van der Waals surface area contributed by atoms with E-state index in [2.05, 4.69) is 15.0 Å².